The molecule has 19 heavy (non-hydrogen) atoms. The Labute approximate surface area is 114 Å². The highest BCUT2D eigenvalue weighted by Crippen LogP contribution is 2.24. The van der Waals surface area contributed by atoms with Crippen LogP contribution in [0.1, 0.15) is 18.5 Å². The summed E-state index contributed by atoms with van der Waals surface area (Å²) in [4.78, 5) is 0. The van der Waals surface area contributed by atoms with E-state index in [9.17, 15) is 0 Å². The first-order valence-corrected chi connectivity index (χ1v) is 6.97. The number of hydrogen-bond donors (Lipinski definition) is 2. The second-order valence-corrected chi connectivity index (χ2v) is 5.16. The number of rotatable bonds is 2. The van der Waals surface area contributed by atoms with Crippen LogP contribution in [0.4, 0.5) is 0 Å². The number of hydrogen-bond acceptors (Lipinski definition) is 2. The van der Waals surface area contributed by atoms with E-state index in [4.69, 9.17) is 0 Å². The summed E-state index contributed by atoms with van der Waals surface area (Å²) in [5.41, 5.74) is 3.91. The summed E-state index contributed by atoms with van der Waals surface area (Å²) in [5.74, 6) is 0. The molecule has 2 atom stereocenters. The molecule has 1 heterocycles. The molecule has 0 aliphatic carbocycles. The Balaban J connectivity index is 1.83. The van der Waals surface area contributed by atoms with Crippen molar-refractivity contribution >= 4 is 0 Å². The minimum absolute atomic E-state index is 0.415. The normalized spacial score (nSPS) is 23.2. The lowest BCUT2D eigenvalue weighted by atomic mass is 9.96. The highest BCUT2D eigenvalue weighted by molar-refractivity contribution is 5.63. The van der Waals surface area contributed by atoms with E-state index in [0.29, 0.717) is 12.1 Å². The molecule has 1 fully saturated rings. The maximum Gasteiger partial charge on any atom is 0.0473 e. The van der Waals surface area contributed by atoms with Gasteiger partial charge in [0.05, 0.1) is 0 Å². The largest absolute Gasteiger partial charge is 0.311 e. The molecule has 0 bridgehead atoms. The van der Waals surface area contributed by atoms with Crippen LogP contribution in [0.25, 0.3) is 11.1 Å². The van der Waals surface area contributed by atoms with Crippen molar-refractivity contribution in [2.24, 2.45) is 0 Å². The topological polar surface area (TPSA) is 24.1 Å². The summed E-state index contributed by atoms with van der Waals surface area (Å²) in [7, 11) is 0. The highest BCUT2D eigenvalue weighted by atomic mass is 15.1. The zero-order valence-electron chi connectivity index (χ0n) is 11.3. The molecular formula is C17H20N2. The average Bonchev–Trinajstić information content (AvgIpc) is 2.49. The highest BCUT2D eigenvalue weighted by Gasteiger charge is 2.21. The summed E-state index contributed by atoms with van der Waals surface area (Å²) in [6.07, 6.45) is 0. The van der Waals surface area contributed by atoms with Crippen LogP contribution in [-0.2, 0) is 0 Å². The van der Waals surface area contributed by atoms with E-state index in [1.807, 2.05) is 0 Å². The summed E-state index contributed by atoms with van der Waals surface area (Å²) < 4.78 is 0. The molecule has 0 spiro atoms. The fourth-order valence-corrected chi connectivity index (χ4v) is 2.74. The molecule has 2 aromatic carbocycles. The van der Waals surface area contributed by atoms with Crippen molar-refractivity contribution in [2.75, 3.05) is 13.1 Å². The Morgan fingerprint density at radius 1 is 0.789 bits per heavy atom. The first-order valence-electron chi connectivity index (χ1n) is 6.97. The molecule has 2 heteroatoms. The molecule has 1 saturated heterocycles. The lowest BCUT2D eigenvalue weighted by Gasteiger charge is -2.31. The number of nitrogens with one attached hydrogen (secondary N) is 2. The van der Waals surface area contributed by atoms with Crippen molar-refractivity contribution in [1.82, 2.24) is 10.6 Å². The quantitative estimate of drug-likeness (QED) is 0.858. The van der Waals surface area contributed by atoms with E-state index >= 15 is 0 Å². The summed E-state index contributed by atoms with van der Waals surface area (Å²) in [6, 6.07) is 20.3. The zero-order valence-corrected chi connectivity index (χ0v) is 11.3. The van der Waals surface area contributed by atoms with Gasteiger partial charge in [0.15, 0.2) is 0 Å². The fraction of sp³-hybridized carbons (Fsp3) is 0.294. The van der Waals surface area contributed by atoms with Crippen molar-refractivity contribution in [3.05, 3.63) is 60.2 Å². The Morgan fingerprint density at radius 3 is 2.11 bits per heavy atom. The molecule has 2 nitrogen and oxygen atoms in total. The minimum atomic E-state index is 0.415. The summed E-state index contributed by atoms with van der Waals surface area (Å²) in [5, 5.41) is 7.10. The molecule has 1 aliphatic rings. The Kier molecular flexibility index (Phi) is 3.62. The molecular weight excluding hydrogens is 232 g/mol. The molecule has 0 saturated carbocycles. The molecule has 98 valence electrons. The Bertz CT molecular complexity index is 519. The van der Waals surface area contributed by atoms with Crippen molar-refractivity contribution in [3.63, 3.8) is 0 Å². The van der Waals surface area contributed by atoms with Gasteiger partial charge < -0.3 is 10.6 Å². The zero-order chi connectivity index (χ0) is 13.1. The van der Waals surface area contributed by atoms with Crippen LogP contribution in [0.15, 0.2) is 54.6 Å². The molecule has 1 aliphatic heterocycles. The fourth-order valence-electron chi connectivity index (χ4n) is 2.74. The third kappa shape index (κ3) is 2.70. The van der Waals surface area contributed by atoms with Crippen molar-refractivity contribution in [1.29, 1.82) is 0 Å². The number of piperazine rings is 1. The predicted octanol–water partition coefficient (Wildman–Crippen LogP) is 2.98. The van der Waals surface area contributed by atoms with Crippen molar-refractivity contribution in [3.8, 4) is 11.1 Å². The smallest absolute Gasteiger partial charge is 0.0473 e. The van der Waals surface area contributed by atoms with E-state index in [1.165, 1.54) is 16.7 Å². The van der Waals surface area contributed by atoms with Crippen LogP contribution in [0.2, 0.25) is 0 Å². The van der Waals surface area contributed by atoms with Crippen LogP contribution in [0.5, 0.6) is 0 Å². The van der Waals surface area contributed by atoms with Crippen LogP contribution in [0, 0.1) is 0 Å². The van der Waals surface area contributed by atoms with Crippen LogP contribution in [-0.4, -0.2) is 19.1 Å². The third-order valence-electron chi connectivity index (χ3n) is 3.83. The van der Waals surface area contributed by atoms with E-state index in [-0.39, 0.29) is 0 Å². The SMILES string of the molecule is CC1NCCNC1c1ccc(-c2ccccc2)cc1. The van der Waals surface area contributed by atoms with Gasteiger partial charge in [-0.15, -0.1) is 0 Å². The van der Waals surface area contributed by atoms with Gasteiger partial charge in [-0.1, -0.05) is 54.6 Å². The molecule has 0 radical (unpaired) electrons. The molecule has 2 unspecified atom stereocenters. The number of benzene rings is 2. The van der Waals surface area contributed by atoms with Gasteiger partial charge in [0, 0.05) is 25.2 Å². The van der Waals surface area contributed by atoms with Crippen molar-refractivity contribution in [2.45, 2.75) is 19.0 Å². The standard InChI is InChI=1S/C17H20N2/c1-13-17(19-12-11-18-13)16-9-7-15(8-10-16)14-5-3-2-4-6-14/h2-10,13,17-19H,11-12H2,1H3. The maximum absolute atomic E-state index is 3.58. The molecule has 2 N–H and O–H groups in total. The summed E-state index contributed by atoms with van der Waals surface area (Å²) in [6.45, 7) is 4.33. The first kappa shape index (κ1) is 12.4. The van der Waals surface area contributed by atoms with E-state index < -0.39 is 0 Å². The van der Waals surface area contributed by atoms with E-state index in [1.54, 1.807) is 0 Å². The second-order valence-electron chi connectivity index (χ2n) is 5.16. The van der Waals surface area contributed by atoms with Gasteiger partial charge in [-0.05, 0) is 23.6 Å². The van der Waals surface area contributed by atoms with Gasteiger partial charge in [-0.2, -0.15) is 0 Å². The first-order chi connectivity index (χ1) is 9.34. The van der Waals surface area contributed by atoms with Gasteiger partial charge in [-0.3, -0.25) is 0 Å². The minimum Gasteiger partial charge on any atom is -0.311 e. The summed E-state index contributed by atoms with van der Waals surface area (Å²) >= 11 is 0. The monoisotopic (exact) mass is 252 g/mol. The van der Waals surface area contributed by atoms with Gasteiger partial charge in [0.25, 0.3) is 0 Å². The molecule has 0 amide bonds. The van der Waals surface area contributed by atoms with Gasteiger partial charge in [0.1, 0.15) is 0 Å². The predicted molar refractivity (Wildman–Crippen MR) is 80.1 cm³/mol. The van der Waals surface area contributed by atoms with Crippen LogP contribution >= 0.6 is 0 Å². The third-order valence-corrected chi connectivity index (χ3v) is 3.83. The molecule has 0 aromatic heterocycles. The van der Waals surface area contributed by atoms with Crippen molar-refractivity contribution < 1.29 is 0 Å². The Morgan fingerprint density at radius 2 is 1.42 bits per heavy atom. The maximum atomic E-state index is 3.58. The van der Waals surface area contributed by atoms with Crippen LogP contribution < -0.4 is 10.6 Å². The molecule has 3 rings (SSSR count). The lowest BCUT2D eigenvalue weighted by Crippen LogP contribution is -2.48. The van der Waals surface area contributed by atoms with Gasteiger partial charge in [-0.25, -0.2) is 0 Å². The van der Waals surface area contributed by atoms with Gasteiger partial charge >= 0.3 is 0 Å². The average molecular weight is 252 g/mol. The molecule has 2 aromatic rings. The second kappa shape index (κ2) is 5.55. The lowest BCUT2D eigenvalue weighted by molar-refractivity contribution is 0.345. The Hall–Kier alpha value is -1.64. The van der Waals surface area contributed by atoms with Gasteiger partial charge in [0.2, 0.25) is 0 Å². The van der Waals surface area contributed by atoms with E-state index in [0.717, 1.165) is 13.1 Å². The van der Waals surface area contributed by atoms with E-state index in [2.05, 4.69) is 72.2 Å². The van der Waals surface area contributed by atoms with Crippen LogP contribution in [0.3, 0.4) is 0 Å².